The van der Waals surface area contributed by atoms with E-state index in [1.807, 2.05) is 55.7 Å². The van der Waals surface area contributed by atoms with Gasteiger partial charge in [-0.1, -0.05) is 51.1 Å². The van der Waals surface area contributed by atoms with Crippen LogP contribution in [0.3, 0.4) is 0 Å². The number of carbonyl (C=O) groups is 1. The number of sulfone groups is 1. The molecule has 3 aromatic rings. The number of rotatable bonds is 9. The molecule has 0 radical (unpaired) electrons. The van der Waals surface area contributed by atoms with Gasteiger partial charge in [0.15, 0.2) is 0 Å². The minimum atomic E-state index is -3.20. The monoisotopic (exact) mass is 601 g/mol. The van der Waals surface area contributed by atoms with Crippen molar-refractivity contribution in [1.82, 2.24) is 19.4 Å². The van der Waals surface area contributed by atoms with E-state index in [4.69, 9.17) is 10.7 Å². The first-order chi connectivity index (χ1) is 19.8. The van der Waals surface area contributed by atoms with Gasteiger partial charge < -0.3 is 20.1 Å². The second kappa shape index (κ2) is 12.9. The highest BCUT2D eigenvalue weighted by Crippen LogP contribution is 2.40. The van der Waals surface area contributed by atoms with Gasteiger partial charge >= 0.3 is 6.03 Å². The zero-order chi connectivity index (χ0) is 30.7. The lowest BCUT2D eigenvalue weighted by atomic mass is 9.84. The average Bonchev–Trinajstić information content (AvgIpc) is 3.33. The molecule has 42 heavy (non-hydrogen) atoms. The zero-order valence-corrected chi connectivity index (χ0v) is 25.6. The average molecular weight is 602 g/mol. The van der Waals surface area contributed by atoms with Crippen LogP contribution in [0, 0.1) is 17.0 Å². The Labute approximate surface area is 247 Å². The Kier molecular flexibility index (Phi) is 9.72. The van der Waals surface area contributed by atoms with E-state index in [2.05, 4.69) is 0 Å². The number of aromatic nitrogens is 2. The van der Waals surface area contributed by atoms with Gasteiger partial charge in [0.2, 0.25) is 0 Å². The summed E-state index contributed by atoms with van der Waals surface area (Å²) in [6.07, 6.45) is 4.25. The Hall–Kier alpha value is -3.31. The van der Waals surface area contributed by atoms with Crippen molar-refractivity contribution >= 4 is 15.9 Å². The van der Waals surface area contributed by atoms with E-state index in [0.29, 0.717) is 57.8 Å². The van der Waals surface area contributed by atoms with Crippen LogP contribution < -0.4 is 5.73 Å². The number of halogens is 2. The van der Waals surface area contributed by atoms with Crippen LogP contribution in [0.2, 0.25) is 0 Å². The third-order valence-corrected chi connectivity index (χ3v) is 9.43. The van der Waals surface area contributed by atoms with Crippen LogP contribution in [-0.4, -0.2) is 71.5 Å². The first-order valence-electron chi connectivity index (χ1n) is 14.3. The molecule has 228 valence electrons. The SMILES string of the molecule is CC(C)(C)[C@H](c1nc(-c2cc(F)ccc2F)cn1Cc1ccccc1)N(CCCN)C(=O)N1CCC(S(C)(=O)=O)CC1. The Bertz CT molecular complexity index is 1480. The molecule has 2 heterocycles. The van der Waals surface area contributed by atoms with Gasteiger partial charge in [0.05, 0.1) is 17.0 Å². The van der Waals surface area contributed by atoms with Crippen LogP contribution >= 0.6 is 0 Å². The molecule has 1 aliphatic rings. The van der Waals surface area contributed by atoms with Gasteiger partial charge in [-0.3, -0.25) is 0 Å². The number of piperidine rings is 1. The summed E-state index contributed by atoms with van der Waals surface area (Å²) in [5.41, 5.74) is 6.67. The van der Waals surface area contributed by atoms with E-state index in [1.54, 1.807) is 16.0 Å². The third kappa shape index (κ3) is 7.36. The number of hydrogen-bond donors (Lipinski definition) is 1. The van der Waals surface area contributed by atoms with Crippen molar-refractivity contribution in [1.29, 1.82) is 0 Å². The fourth-order valence-electron chi connectivity index (χ4n) is 5.63. The summed E-state index contributed by atoms with van der Waals surface area (Å²) in [6.45, 7) is 7.82. The number of imidazole rings is 1. The normalized spacial score (nSPS) is 15.5. The fourth-order valence-corrected chi connectivity index (χ4v) is 6.69. The molecule has 1 aromatic heterocycles. The molecule has 2 N–H and O–H groups in total. The summed E-state index contributed by atoms with van der Waals surface area (Å²) in [4.78, 5) is 22.5. The summed E-state index contributed by atoms with van der Waals surface area (Å²) in [5.74, 6) is -0.624. The summed E-state index contributed by atoms with van der Waals surface area (Å²) in [7, 11) is -3.20. The van der Waals surface area contributed by atoms with Crippen molar-refractivity contribution in [3.8, 4) is 11.3 Å². The van der Waals surface area contributed by atoms with Gasteiger partial charge in [0.25, 0.3) is 0 Å². The third-order valence-electron chi connectivity index (χ3n) is 7.75. The van der Waals surface area contributed by atoms with Crippen LogP contribution in [0.1, 0.15) is 57.5 Å². The number of likely N-dealkylation sites (tertiary alicyclic amines) is 1. The van der Waals surface area contributed by atoms with Gasteiger partial charge in [0, 0.05) is 44.2 Å². The summed E-state index contributed by atoms with van der Waals surface area (Å²) in [6, 6.07) is 12.2. The molecule has 1 atom stereocenters. The molecule has 1 saturated heterocycles. The van der Waals surface area contributed by atoms with Crippen molar-refractivity contribution in [2.24, 2.45) is 11.1 Å². The van der Waals surface area contributed by atoms with E-state index in [0.717, 1.165) is 23.8 Å². The highest BCUT2D eigenvalue weighted by molar-refractivity contribution is 7.91. The number of nitrogens with two attached hydrogens (primary N) is 1. The Morgan fingerprint density at radius 2 is 1.79 bits per heavy atom. The van der Waals surface area contributed by atoms with Crippen LogP contribution in [0.4, 0.5) is 13.6 Å². The lowest BCUT2D eigenvalue weighted by Crippen LogP contribution is -2.52. The predicted octanol–water partition coefficient (Wildman–Crippen LogP) is 5.24. The quantitative estimate of drug-likeness (QED) is 0.361. The highest BCUT2D eigenvalue weighted by Gasteiger charge is 2.41. The molecular weight excluding hydrogens is 560 g/mol. The Morgan fingerprint density at radius 3 is 2.38 bits per heavy atom. The molecule has 0 bridgehead atoms. The second-order valence-electron chi connectivity index (χ2n) is 12.1. The Morgan fingerprint density at radius 1 is 1.12 bits per heavy atom. The van der Waals surface area contributed by atoms with Crippen LogP contribution in [-0.2, 0) is 16.4 Å². The maximum atomic E-state index is 14.9. The zero-order valence-electron chi connectivity index (χ0n) is 24.8. The minimum Gasteiger partial charge on any atom is -0.330 e. The molecule has 1 aliphatic heterocycles. The maximum Gasteiger partial charge on any atom is 0.320 e. The number of nitrogens with zero attached hydrogens (tertiary/aromatic N) is 4. The van der Waals surface area contributed by atoms with Crippen LogP contribution in [0.25, 0.3) is 11.3 Å². The van der Waals surface area contributed by atoms with E-state index < -0.39 is 38.2 Å². The topological polar surface area (TPSA) is 102 Å². The molecule has 1 fully saturated rings. The summed E-state index contributed by atoms with van der Waals surface area (Å²) in [5, 5.41) is -0.467. The molecule has 2 aromatic carbocycles. The smallest absolute Gasteiger partial charge is 0.320 e. The van der Waals surface area contributed by atoms with Crippen LogP contribution in [0.5, 0.6) is 0 Å². The van der Waals surface area contributed by atoms with Crippen LogP contribution in [0.15, 0.2) is 54.7 Å². The Balaban J connectivity index is 1.80. The number of urea groups is 1. The molecule has 11 heteroatoms. The number of carbonyl (C=O) groups excluding carboxylic acids is 1. The van der Waals surface area contributed by atoms with E-state index >= 15 is 0 Å². The van der Waals surface area contributed by atoms with Crippen molar-refractivity contribution in [3.05, 3.63) is 77.8 Å². The number of hydrogen-bond acceptors (Lipinski definition) is 5. The molecule has 0 spiro atoms. The minimum absolute atomic E-state index is 0.0402. The highest BCUT2D eigenvalue weighted by atomic mass is 32.2. The molecule has 0 unspecified atom stereocenters. The molecule has 2 amide bonds. The van der Waals surface area contributed by atoms with Crippen molar-refractivity contribution in [2.45, 2.75) is 57.9 Å². The maximum absolute atomic E-state index is 14.9. The predicted molar refractivity (Wildman–Crippen MR) is 161 cm³/mol. The fraction of sp³-hybridized carbons (Fsp3) is 0.484. The molecule has 8 nitrogen and oxygen atoms in total. The first-order valence-corrected chi connectivity index (χ1v) is 16.3. The van der Waals surface area contributed by atoms with Crippen molar-refractivity contribution in [3.63, 3.8) is 0 Å². The van der Waals surface area contributed by atoms with Gasteiger partial charge in [-0.25, -0.2) is 27.0 Å². The largest absolute Gasteiger partial charge is 0.330 e. The number of amides is 2. The molecule has 4 rings (SSSR count). The van der Waals surface area contributed by atoms with Crippen molar-refractivity contribution < 1.29 is 22.0 Å². The summed E-state index contributed by atoms with van der Waals surface area (Å²) >= 11 is 0. The van der Waals surface area contributed by atoms with Gasteiger partial charge in [-0.2, -0.15) is 0 Å². The summed E-state index contributed by atoms with van der Waals surface area (Å²) < 4.78 is 55.3. The molecule has 0 saturated carbocycles. The number of benzene rings is 2. The van der Waals surface area contributed by atoms with E-state index in [1.165, 1.54) is 6.26 Å². The molecule has 0 aliphatic carbocycles. The lowest BCUT2D eigenvalue weighted by Gasteiger charge is -2.43. The second-order valence-corrected chi connectivity index (χ2v) is 14.5. The van der Waals surface area contributed by atoms with Crippen molar-refractivity contribution in [2.75, 3.05) is 32.4 Å². The molecular formula is C31H41F2N5O3S. The lowest BCUT2D eigenvalue weighted by molar-refractivity contribution is 0.0791. The van der Waals surface area contributed by atoms with E-state index in [-0.39, 0.29) is 17.3 Å². The van der Waals surface area contributed by atoms with E-state index in [9.17, 15) is 22.0 Å². The van der Waals surface area contributed by atoms with Gasteiger partial charge in [0.1, 0.15) is 27.3 Å². The van der Waals surface area contributed by atoms with Gasteiger partial charge in [-0.15, -0.1) is 0 Å². The first kappa shape index (κ1) is 31.6. The standard InChI is InChI=1S/C31H41F2N5O3S/c1-31(2,3)28(38(16-8-15-34)30(39)36-17-13-24(14-18-36)42(4,40)41)29-35-27(25-19-23(32)11-12-26(25)33)21-37(29)20-22-9-6-5-7-10-22/h5-7,9-12,19,21,24,28H,8,13-18,20,34H2,1-4H3/t28-/m0/s1. The van der Waals surface area contributed by atoms with Gasteiger partial charge in [-0.05, 0) is 55.0 Å².